The van der Waals surface area contributed by atoms with Gasteiger partial charge in [-0.3, -0.25) is 14.6 Å². The molecule has 1 heterocycles. The van der Waals surface area contributed by atoms with Crippen LogP contribution < -0.4 is 25.7 Å². The maximum atomic E-state index is 10.9. The molecule has 0 fully saturated rings. The van der Waals surface area contributed by atoms with E-state index < -0.39 is 5.97 Å². The zero-order chi connectivity index (χ0) is 31.3. The third kappa shape index (κ3) is 8.79. The molecular weight excluding hydrogens is 558 g/mol. The van der Waals surface area contributed by atoms with Crippen molar-refractivity contribution < 1.29 is 24.5 Å². The van der Waals surface area contributed by atoms with E-state index in [2.05, 4.69) is 71.1 Å². The van der Waals surface area contributed by atoms with E-state index in [1.807, 2.05) is 12.1 Å². The third-order valence-corrected chi connectivity index (χ3v) is 7.53. The summed E-state index contributed by atoms with van der Waals surface area (Å²) in [4.78, 5) is 23.7. The Bertz CT molecular complexity index is 1580. The molecule has 1 aromatic heterocycles. The number of benzene rings is 3. The van der Waals surface area contributed by atoms with Gasteiger partial charge in [0.2, 0.25) is 0 Å². The number of aromatic amines is 1. The summed E-state index contributed by atoms with van der Waals surface area (Å²) < 4.78 is 10.7. The number of aliphatic carboxylic acids is 1. The van der Waals surface area contributed by atoms with Crippen molar-refractivity contribution >= 4 is 5.97 Å². The molecule has 0 spiro atoms. The first-order valence-electron chi connectivity index (χ1n) is 14.9. The van der Waals surface area contributed by atoms with Gasteiger partial charge in [-0.25, -0.2) is 0 Å². The molecule has 5 N–H and O–H groups in total. The molecule has 0 atom stereocenters. The number of methoxy groups -OCH3 is 1. The fraction of sp³-hybridized carbons (Fsp3) is 0.314. The third-order valence-electron chi connectivity index (χ3n) is 7.53. The molecule has 0 bridgehead atoms. The smallest absolute Gasteiger partial charge is 0.317 e. The van der Waals surface area contributed by atoms with E-state index in [4.69, 9.17) is 19.7 Å². The monoisotopic (exact) mass is 599 g/mol. The molecule has 9 heteroatoms. The van der Waals surface area contributed by atoms with E-state index >= 15 is 0 Å². The van der Waals surface area contributed by atoms with Gasteiger partial charge in [0.1, 0.15) is 12.4 Å². The van der Waals surface area contributed by atoms with Gasteiger partial charge in [-0.2, -0.15) is 0 Å². The molecule has 9 nitrogen and oxygen atoms in total. The average molecular weight is 600 g/mol. The Morgan fingerprint density at radius 3 is 2.41 bits per heavy atom. The molecule has 5 rings (SSSR count). The molecule has 0 amide bonds. The van der Waals surface area contributed by atoms with Crippen LogP contribution in [-0.2, 0) is 24.2 Å². The van der Waals surface area contributed by atoms with Gasteiger partial charge in [0.25, 0.3) is 5.56 Å². The summed E-state index contributed by atoms with van der Waals surface area (Å²) in [5, 5.41) is 23.0. The Balaban J connectivity index is 0.000000249. The zero-order valence-electron chi connectivity index (χ0n) is 25.3. The summed E-state index contributed by atoms with van der Waals surface area (Å²) in [5.74, 6) is 0.285. The van der Waals surface area contributed by atoms with Crippen LogP contribution in [0.3, 0.4) is 0 Å². The van der Waals surface area contributed by atoms with Crippen molar-refractivity contribution in [1.29, 1.82) is 0 Å². The lowest BCUT2D eigenvalue weighted by molar-refractivity contribution is -0.136. The molecule has 4 aromatic rings. The number of nitrogens with one attached hydrogen (secondary N) is 3. The minimum absolute atomic E-state index is 0.137. The minimum Gasteiger partial charge on any atom is -0.492 e. The van der Waals surface area contributed by atoms with Gasteiger partial charge >= 0.3 is 5.97 Å². The summed E-state index contributed by atoms with van der Waals surface area (Å²) in [5.41, 5.74) is 10.1. The largest absolute Gasteiger partial charge is 0.492 e. The van der Waals surface area contributed by atoms with E-state index in [0.29, 0.717) is 31.1 Å². The van der Waals surface area contributed by atoms with Crippen molar-refractivity contribution in [1.82, 2.24) is 15.6 Å². The van der Waals surface area contributed by atoms with Crippen LogP contribution in [0, 0.1) is 6.92 Å². The van der Waals surface area contributed by atoms with E-state index in [0.717, 1.165) is 12.3 Å². The predicted molar refractivity (Wildman–Crippen MR) is 172 cm³/mol. The lowest BCUT2D eigenvalue weighted by Crippen LogP contribution is -2.23. The Kier molecular flexibility index (Phi) is 12.1. The van der Waals surface area contributed by atoms with E-state index in [1.54, 1.807) is 6.07 Å². The predicted octanol–water partition coefficient (Wildman–Crippen LogP) is 4.34. The highest BCUT2D eigenvalue weighted by molar-refractivity contribution is 5.80. The van der Waals surface area contributed by atoms with Gasteiger partial charge in [-0.1, -0.05) is 48.5 Å². The topological polar surface area (TPSA) is 133 Å². The van der Waals surface area contributed by atoms with Crippen molar-refractivity contribution in [2.75, 3.05) is 40.0 Å². The lowest BCUT2D eigenvalue weighted by atomic mass is 9.89. The summed E-state index contributed by atoms with van der Waals surface area (Å²) in [6.45, 7) is 4.49. The maximum Gasteiger partial charge on any atom is 0.317 e. The number of aryl methyl sites for hydroxylation is 1. The van der Waals surface area contributed by atoms with Gasteiger partial charge in [0.05, 0.1) is 20.3 Å². The molecule has 0 aliphatic heterocycles. The lowest BCUT2D eigenvalue weighted by Gasteiger charge is -2.15. The quantitative estimate of drug-likeness (QED) is 0.144. The summed E-state index contributed by atoms with van der Waals surface area (Å²) >= 11 is 0. The molecule has 0 saturated carbocycles. The van der Waals surface area contributed by atoms with Crippen LogP contribution >= 0.6 is 0 Å². The highest BCUT2D eigenvalue weighted by atomic mass is 16.5. The first-order valence-corrected chi connectivity index (χ1v) is 14.9. The molecule has 3 aromatic carbocycles. The van der Waals surface area contributed by atoms with Crippen LogP contribution in [-0.4, -0.2) is 61.1 Å². The number of carboxylic acid groups (broad SMARTS) is 1. The number of fused-ring (bicyclic) bond motifs is 1. The Hall–Kier alpha value is -4.44. The van der Waals surface area contributed by atoms with Crippen LogP contribution in [0.25, 0.3) is 22.3 Å². The van der Waals surface area contributed by atoms with Crippen LogP contribution in [0.15, 0.2) is 77.6 Å². The molecule has 44 heavy (non-hydrogen) atoms. The van der Waals surface area contributed by atoms with Crippen LogP contribution in [0.5, 0.6) is 11.6 Å². The minimum atomic E-state index is -0.932. The number of aliphatic hydroxyl groups excluding tert-OH is 1. The van der Waals surface area contributed by atoms with Crippen molar-refractivity contribution in [2.45, 2.75) is 32.7 Å². The maximum absolute atomic E-state index is 10.9. The highest BCUT2D eigenvalue weighted by Gasteiger charge is 2.17. The van der Waals surface area contributed by atoms with Gasteiger partial charge < -0.3 is 30.3 Å². The number of pyridine rings is 1. The number of carbonyl (C=O) groups is 1. The van der Waals surface area contributed by atoms with E-state index in [-0.39, 0.29) is 18.7 Å². The molecule has 1 aliphatic carbocycles. The number of carboxylic acids is 1. The van der Waals surface area contributed by atoms with E-state index in [1.165, 1.54) is 71.4 Å². The Morgan fingerprint density at radius 2 is 1.66 bits per heavy atom. The van der Waals surface area contributed by atoms with Crippen molar-refractivity contribution in [3.05, 3.63) is 105 Å². The van der Waals surface area contributed by atoms with Gasteiger partial charge in [-0.15, -0.1) is 0 Å². The average Bonchev–Trinajstić information content (AvgIpc) is 3.52. The molecule has 232 valence electrons. The summed E-state index contributed by atoms with van der Waals surface area (Å²) in [6.07, 6.45) is 3.66. The number of rotatable bonds is 13. The van der Waals surface area contributed by atoms with E-state index in [9.17, 15) is 9.59 Å². The molecule has 0 radical (unpaired) electrons. The van der Waals surface area contributed by atoms with Gasteiger partial charge in [-0.05, 0) is 83.3 Å². The molecular formula is C35H41N3O6. The van der Waals surface area contributed by atoms with Gasteiger partial charge in [0, 0.05) is 31.3 Å². The summed E-state index contributed by atoms with van der Waals surface area (Å²) in [6, 6.07) is 24.7. The zero-order valence-corrected chi connectivity index (χ0v) is 25.3. The van der Waals surface area contributed by atoms with Gasteiger partial charge in [0.15, 0.2) is 5.88 Å². The number of hydrogen-bond donors (Lipinski definition) is 5. The number of aromatic nitrogens is 1. The fourth-order valence-electron chi connectivity index (χ4n) is 5.40. The first kappa shape index (κ1) is 32.5. The van der Waals surface area contributed by atoms with Crippen molar-refractivity contribution in [3.63, 3.8) is 0 Å². The van der Waals surface area contributed by atoms with Crippen molar-refractivity contribution in [2.24, 2.45) is 0 Å². The molecule has 1 aliphatic rings. The molecule has 0 unspecified atom stereocenters. The standard InChI is InChI=1S/C26H29NO2.C9H12N2O4/c1-19-23(21-11-13-22(14-12-21)29-18-16-27-15-17-28)7-4-8-24(19)26-10-3-6-20-5-2-9-25(20)26;1-15-9-6(2-3-7(12)11-9)4-10-5-8(13)14/h3-4,6-8,10-14,27-28H,2,5,9,15-18H2,1H3;2-3,10H,4-5H2,1H3,(H,11,12)(H,13,14). The fourth-order valence-corrected chi connectivity index (χ4v) is 5.40. The number of aliphatic hydroxyl groups is 1. The van der Waals surface area contributed by atoms with Crippen LogP contribution in [0.2, 0.25) is 0 Å². The summed E-state index contributed by atoms with van der Waals surface area (Å²) in [7, 11) is 1.44. The van der Waals surface area contributed by atoms with Crippen LogP contribution in [0.1, 0.15) is 28.7 Å². The van der Waals surface area contributed by atoms with Crippen LogP contribution in [0.4, 0.5) is 0 Å². The Labute approximate surface area is 257 Å². The second-order valence-electron chi connectivity index (χ2n) is 10.5. The number of H-pyrrole nitrogens is 1. The second-order valence-corrected chi connectivity index (χ2v) is 10.5. The first-order chi connectivity index (χ1) is 21.4. The normalized spacial score (nSPS) is 11.8. The highest BCUT2D eigenvalue weighted by Crippen LogP contribution is 2.37. The molecule has 0 saturated heterocycles. The SMILES string of the molecule is COc1[nH]c(=O)ccc1CNCC(=O)O.Cc1c(-c2ccc(OCCNCCO)cc2)cccc1-c1cccc2c1CCC2. The Morgan fingerprint density at radius 1 is 0.909 bits per heavy atom. The second kappa shape index (κ2) is 16.4. The van der Waals surface area contributed by atoms with Crippen molar-refractivity contribution in [3.8, 4) is 33.9 Å². The number of hydrogen-bond acceptors (Lipinski definition) is 7. The number of ether oxygens (including phenoxy) is 2.